The van der Waals surface area contributed by atoms with Crippen LogP contribution in [0.4, 0.5) is 11.4 Å². The van der Waals surface area contributed by atoms with Crippen LogP contribution in [0.2, 0.25) is 0 Å². The first-order chi connectivity index (χ1) is 16.4. The van der Waals surface area contributed by atoms with E-state index in [1.807, 2.05) is 54.3 Å². The Labute approximate surface area is 198 Å². The maximum Gasteiger partial charge on any atom is 0.251 e. The van der Waals surface area contributed by atoms with E-state index in [1.54, 1.807) is 36.4 Å². The molecular formula is C26H28N4O4. The van der Waals surface area contributed by atoms with E-state index in [2.05, 4.69) is 10.6 Å². The zero-order chi connectivity index (χ0) is 24.1. The molecule has 8 heteroatoms. The smallest absolute Gasteiger partial charge is 0.251 e. The van der Waals surface area contributed by atoms with Crippen molar-refractivity contribution in [1.82, 2.24) is 10.2 Å². The average molecular weight is 461 g/mol. The number of hydrogen-bond acceptors (Lipinski definition) is 5. The zero-order valence-corrected chi connectivity index (χ0v) is 19.3. The van der Waals surface area contributed by atoms with Gasteiger partial charge in [0.2, 0.25) is 11.8 Å². The molecule has 2 N–H and O–H groups in total. The highest BCUT2D eigenvalue weighted by Gasteiger charge is 2.30. The summed E-state index contributed by atoms with van der Waals surface area (Å²) in [5, 5.41) is 5.51. The SMILES string of the molecule is CNC(=O)c1ccc(CN(CC(=O)N2c3ccccc3NC(=O)CC2C)Cc2ccco2)cc1. The Kier molecular flexibility index (Phi) is 7.08. The monoisotopic (exact) mass is 460 g/mol. The summed E-state index contributed by atoms with van der Waals surface area (Å²) in [7, 11) is 1.60. The zero-order valence-electron chi connectivity index (χ0n) is 19.3. The number of anilines is 2. The standard InChI is InChI=1S/C26H28N4O4/c1-18-14-24(31)28-22-7-3-4-8-23(22)30(18)25(32)17-29(16-21-6-5-13-34-21)15-19-9-11-20(12-10-19)26(33)27-2/h3-13,18H,14-17H2,1-2H3,(H,27,33)(H,28,31). The summed E-state index contributed by atoms with van der Waals surface area (Å²) in [4.78, 5) is 41.4. The van der Waals surface area contributed by atoms with Crippen LogP contribution in [0.25, 0.3) is 0 Å². The number of nitrogens with one attached hydrogen (secondary N) is 2. The minimum atomic E-state index is -0.284. The van der Waals surface area contributed by atoms with Crippen molar-refractivity contribution < 1.29 is 18.8 Å². The van der Waals surface area contributed by atoms with E-state index in [0.29, 0.717) is 30.0 Å². The van der Waals surface area contributed by atoms with Crippen molar-refractivity contribution in [3.8, 4) is 0 Å². The summed E-state index contributed by atoms with van der Waals surface area (Å²) in [5.41, 5.74) is 2.87. The van der Waals surface area contributed by atoms with Gasteiger partial charge in [0.15, 0.2) is 0 Å². The molecule has 8 nitrogen and oxygen atoms in total. The molecule has 0 aliphatic carbocycles. The molecule has 3 aromatic rings. The van der Waals surface area contributed by atoms with Crippen LogP contribution in [0.3, 0.4) is 0 Å². The normalized spacial score (nSPS) is 15.4. The molecule has 176 valence electrons. The van der Waals surface area contributed by atoms with Gasteiger partial charge in [0, 0.05) is 31.6 Å². The summed E-state index contributed by atoms with van der Waals surface area (Å²) in [6.45, 7) is 2.94. The molecule has 2 aromatic carbocycles. The number of rotatable bonds is 7. The van der Waals surface area contributed by atoms with Crippen molar-refractivity contribution in [3.05, 3.63) is 83.8 Å². The van der Waals surface area contributed by atoms with Gasteiger partial charge in [-0.15, -0.1) is 0 Å². The molecule has 1 aliphatic heterocycles. The van der Waals surface area contributed by atoms with Gasteiger partial charge >= 0.3 is 0 Å². The van der Waals surface area contributed by atoms with Crippen molar-refractivity contribution in [2.24, 2.45) is 0 Å². The Morgan fingerprint density at radius 1 is 1.09 bits per heavy atom. The first-order valence-electron chi connectivity index (χ1n) is 11.2. The topological polar surface area (TPSA) is 94.9 Å². The molecule has 0 fully saturated rings. The Balaban J connectivity index is 1.57. The molecule has 4 rings (SSSR count). The molecule has 0 saturated carbocycles. The van der Waals surface area contributed by atoms with Gasteiger partial charge in [0.05, 0.1) is 30.7 Å². The fraction of sp³-hybridized carbons (Fsp3) is 0.269. The molecule has 0 saturated heterocycles. The van der Waals surface area contributed by atoms with Gasteiger partial charge in [-0.25, -0.2) is 0 Å². The minimum Gasteiger partial charge on any atom is -0.468 e. The summed E-state index contributed by atoms with van der Waals surface area (Å²) < 4.78 is 5.53. The van der Waals surface area contributed by atoms with Crippen LogP contribution >= 0.6 is 0 Å². The molecule has 34 heavy (non-hydrogen) atoms. The molecule has 0 radical (unpaired) electrons. The van der Waals surface area contributed by atoms with Crippen molar-refractivity contribution in [3.63, 3.8) is 0 Å². The Bertz CT molecular complexity index is 1160. The third kappa shape index (κ3) is 5.35. The number of carbonyl (C=O) groups excluding carboxylic acids is 3. The van der Waals surface area contributed by atoms with E-state index in [0.717, 1.165) is 11.3 Å². The lowest BCUT2D eigenvalue weighted by Gasteiger charge is -2.30. The van der Waals surface area contributed by atoms with Crippen LogP contribution in [0.15, 0.2) is 71.3 Å². The Morgan fingerprint density at radius 3 is 2.56 bits per heavy atom. The maximum atomic E-state index is 13.6. The number of carbonyl (C=O) groups is 3. The van der Waals surface area contributed by atoms with Gasteiger partial charge in [-0.3, -0.25) is 19.3 Å². The van der Waals surface area contributed by atoms with Crippen molar-refractivity contribution in [2.75, 3.05) is 23.8 Å². The summed E-state index contributed by atoms with van der Waals surface area (Å²) in [5.74, 6) is 0.381. The van der Waals surface area contributed by atoms with Gasteiger partial charge in [0.1, 0.15) is 5.76 Å². The lowest BCUT2D eigenvalue weighted by Crippen LogP contribution is -2.44. The van der Waals surface area contributed by atoms with Gasteiger partial charge < -0.3 is 20.0 Å². The molecule has 3 amide bonds. The van der Waals surface area contributed by atoms with E-state index in [-0.39, 0.29) is 36.7 Å². The minimum absolute atomic E-state index is 0.106. The second-order valence-electron chi connectivity index (χ2n) is 8.38. The second kappa shape index (κ2) is 10.4. The van der Waals surface area contributed by atoms with Gasteiger partial charge in [-0.05, 0) is 48.9 Å². The van der Waals surface area contributed by atoms with Gasteiger partial charge in [-0.1, -0.05) is 24.3 Å². The number of fused-ring (bicyclic) bond motifs is 1. The molecule has 0 bridgehead atoms. The molecular weight excluding hydrogens is 432 g/mol. The maximum absolute atomic E-state index is 13.6. The molecule has 1 atom stereocenters. The Hall–Kier alpha value is -3.91. The van der Waals surface area contributed by atoms with Gasteiger partial charge in [0.25, 0.3) is 5.91 Å². The second-order valence-corrected chi connectivity index (χ2v) is 8.38. The number of amides is 3. The van der Waals surface area contributed by atoms with E-state index in [4.69, 9.17) is 4.42 Å². The van der Waals surface area contributed by atoms with Crippen LogP contribution in [0.5, 0.6) is 0 Å². The third-order valence-corrected chi connectivity index (χ3v) is 5.80. The number of nitrogens with zero attached hydrogens (tertiary/aromatic N) is 2. The molecule has 1 aromatic heterocycles. The molecule has 1 unspecified atom stereocenters. The van der Waals surface area contributed by atoms with Crippen LogP contribution in [-0.2, 0) is 22.7 Å². The summed E-state index contributed by atoms with van der Waals surface area (Å²) in [6, 6.07) is 18.1. The van der Waals surface area contributed by atoms with E-state index in [1.165, 1.54) is 0 Å². The fourth-order valence-corrected chi connectivity index (χ4v) is 4.19. The highest BCUT2D eigenvalue weighted by atomic mass is 16.3. The van der Waals surface area contributed by atoms with Crippen molar-refractivity contribution in [2.45, 2.75) is 32.5 Å². The van der Waals surface area contributed by atoms with Crippen LogP contribution in [0, 0.1) is 0 Å². The van der Waals surface area contributed by atoms with E-state index < -0.39 is 0 Å². The van der Waals surface area contributed by atoms with Crippen LogP contribution < -0.4 is 15.5 Å². The lowest BCUT2D eigenvalue weighted by atomic mass is 10.1. The van der Waals surface area contributed by atoms with Gasteiger partial charge in [-0.2, -0.15) is 0 Å². The quantitative estimate of drug-likeness (QED) is 0.564. The van der Waals surface area contributed by atoms with Crippen LogP contribution in [-0.4, -0.2) is 42.3 Å². The number of para-hydroxylation sites is 2. The van der Waals surface area contributed by atoms with Crippen molar-refractivity contribution in [1.29, 1.82) is 0 Å². The van der Waals surface area contributed by atoms with Crippen molar-refractivity contribution >= 4 is 29.1 Å². The van der Waals surface area contributed by atoms with Crippen LogP contribution in [0.1, 0.15) is 35.0 Å². The highest BCUT2D eigenvalue weighted by Crippen LogP contribution is 2.31. The first kappa shape index (κ1) is 23.3. The third-order valence-electron chi connectivity index (χ3n) is 5.80. The summed E-state index contributed by atoms with van der Waals surface area (Å²) in [6.07, 6.45) is 1.83. The molecule has 1 aliphatic rings. The van der Waals surface area contributed by atoms with E-state index in [9.17, 15) is 14.4 Å². The predicted octanol–water partition coefficient (Wildman–Crippen LogP) is 3.41. The average Bonchev–Trinajstić information content (AvgIpc) is 3.28. The number of hydrogen-bond donors (Lipinski definition) is 2. The molecule has 0 spiro atoms. The molecule has 2 heterocycles. The summed E-state index contributed by atoms with van der Waals surface area (Å²) >= 11 is 0. The lowest BCUT2D eigenvalue weighted by molar-refractivity contribution is -0.120. The first-order valence-corrected chi connectivity index (χ1v) is 11.2. The number of benzene rings is 2. The number of furan rings is 1. The highest BCUT2D eigenvalue weighted by molar-refractivity contribution is 6.05. The largest absolute Gasteiger partial charge is 0.468 e. The van der Waals surface area contributed by atoms with E-state index >= 15 is 0 Å². The fourth-order valence-electron chi connectivity index (χ4n) is 4.19. The predicted molar refractivity (Wildman–Crippen MR) is 129 cm³/mol. The Morgan fingerprint density at radius 2 is 1.85 bits per heavy atom.